The quantitative estimate of drug-likeness (QED) is 0.754. The summed E-state index contributed by atoms with van der Waals surface area (Å²) >= 11 is 0. The van der Waals surface area contributed by atoms with Crippen molar-refractivity contribution in [2.24, 2.45) is 5.92 Å². The molecule has 3 aliphatic rings. The summed E-state index contributed by atoms with van der Waals surface area (Å²) in [4.78, 5) is 29.7. The fourth-order valence-corrected chi connectivity index (χ4v) is 3.61. The number of aliphatic carboxylic acids is 1. The Morgan fingerprint density at radius 2 is 1.96 bits per heavy atom. The second-order valence-corrected chi connectivity index (χ2v) is 7.81. The zero-order valence-electron chi connectivity index (χ0n) is 14.4. The van der Waals surface area contributed by atoms with E-state index in [9.17, 15) is 9.59 Å². The van der Waals surface area contributed by atoms with Crippen LogP contribution in [-0.4, -0.2) is 52.0 Å². The van der Waals surface area contributed by atoms with E-state index in [2.05, 4.69) is 15.2 Å². The molecule has 1 aromatic rings. The van der Waals surface area contributed by atoms with E-state index in [1.54, 1.807) is 0 Å². The van der Waals surface area contributed by atoms with E-state index in [4.69, 9.17) is 5.11 Å². The first-order chi connectivity index (χ1) is 12.1. The Morgan fingerprint density at radius 3 is 2.52 bits per heavy atom. The number of rotatable bonds is 8. The van der Waals surface area contributed by atoms with Crippen molar-refractivity contribution >= 4 is 11.9 Å². The van der Waals surface area contributed by atoms with Crippen LogP contribution < -0.4 is 5.32 Å². The number of hydrogen-bond donors (Lipinski definition) is 2. The van der Waals surface area contributed by atoms with Gasteiger partial charge in [-0.2, -0.15) is 0 Å². The van der Waals surface area contributed by atoms with Crippen LogP contribution in [0.5, 0.6) is 0 Å². The van der Waals surface area contributed by atoms with Crippen molar-refractivity contribution in [3.05, 3.63) is 29.6 Å². The van der Waals surface area contributed by atoms with Crippen molar-refractivity contribution in [3.8, 4) is 0 Å². The molecule has 3 fully saturated rings. The van der Waals surface area contributed by atoms with E-state index in [0.717, 1.165) is 19.4 Å². The maximum atomic E-state index is 12.3. The SMILES string of the molecule is O=C(O)CN(CC1CC1)C1CC(NC(=O)c2ccc(C3CC3)cn2)C1. The van der Waals surface area contributed by atoms with Crippen LogP contribution in [0.15, 0.2) is 18.3 Å². The first-order valence-corrected chi connectivity index (χ1v) is 9.31. The third-order valence-electron chi connectivity index (χ3n) is 5.56. The summed E-state index contributed by atoms with van der Waals surface area (Å²) in [6.45, 7) is 0.980. The van der Waals surface area contributed by atoms with E-state index >= 15 is 0 Å². The predicted molar refractivity (Wildman–Crippen MR) is 92.4 cm³/mol. The Bertz CT molecular complexity index is 646. The van der Waals surface area contributed by atoms with Crippen LogP contribution in [0.25, 0.3) is 0 Å². The van der Waals surface area contributed by atoms with Crippen LogP contribution in [0.1, 0.15) is 60.5 Å². The van der Waals surface area contributed by atoms with E-state index in [0.29, 0.717) is 17.5 Å². The minimum Gasteiger partial charge on any atom is -0.480 e. The summed E-state index contributed by atoms with van der Waals surface area (Å²) in [6, 6.07) is 4.21. The Labute approximate surface area is 147 Å². The average molecular weight is 343 g/mol. The van der Waals surface area contributed by atoms with Gasteiger partial charge in [0.05, 0.1) is 6.54 Å². The molecule has 4 rings (SSSR count). The molecule has 0 radical (unpaired) electrons. The highest BCUT2D eigenvalue weighted by molar-refractivity contribution is 5.92. The van der Waals surface area contributed by atoms with Gasteiger partial charge in [0.1, 0.15) is 5.69 Å². The number of carboxylic acids is 1. The van der Waals surface area contributed by atoms with E-state index in [1.165, 1.54) is 31.2 Å². The lowest BCUT2D eigenvalue weighted by molar-refractivity contribution is -0.139. The zero-order valence-corrected chi connectivity index (χ0v) is 14.4. The van der Waals surface area contributed by atoms with Gasteiger partial charge in [0, 0.05) is 24.8 Å². The topological polar surface area (TPSA) is 82.5 Å². The van der Waals surface area contributed by atoms with Gasteiger partial charge in [0.2, 0.25) is 0 Å². The van der Waals surface area contributed by atoms with Gasteiger partial charge in [-0.1, -0.05) is 6.07 Å². The highest BCUT2D eigenvalue weighted by atomic mass is 16.4. The molecular formula is C19H25N3O3. The van der Waals surface area contributed by atoms with Crippen LogP contribution in [0.2, 0.25) is 0 Å². The van der Waals surface area contributed by atoms with Crippen molar-refractivity contribution < 1.29 is 14.7 Å². The van der Waals surface area contributed by atoms with Gasteiger partial charge in [-0.25, -0.2) is 0 Å². The third-order valence-corrected chi connectivity index (χ3v) is 5.56. The fourth-order valence-electron chi connectivity index (χ4n) is 3.61. The largest absolute Gasteiger partial charge is 0.480 e. The molecule has 6 nitrogen and oxygen atoms in total. The normalized spacial score (nSPS) is 25.5. The van der Waals surface area contributed by atoms with Crippen LogP contribution in [0.3, 0.4) is 0 Å². The van der Waals surface area contributed by atoms with Gasteiger partial charge in [-0.05, 0) is 62.0 Å². The molecule has 1 aromatic heterocycles. The molecule has 6 heteroatoms. The minimum absolute atomic E-state index is 0.103. The number of nitrogens with one attached hydrogen (secondary N) is 1. The minimum atomic E-state index is -0.770. The van der Waals surface area contributed by atoms with Gasteiger partial charge in [0.15, 0.2) is 0 Å². The van der Waals surface area contributed by atoms with Gasteiger partial charge in [-0.15, -0.1) is 0 Å². The standard InChI is InChI=1S/C19H25N3O3/c23-18(24)11-22(10-12-1-2-12)16-7-15(8-16)21-19(25)17-6-5-14(9-20-17)13-3-4-13/h5-6,9,12-13,15-16H,1-4,7-8,10-11H2,(H,21,25)(H,23,24). The van der Waals surface area contributed by atoms with Crippen LogP contribution in [0, 0.1) is 5.92 Å². The monoisotopic (exact) mass is 343 g/mol. The molecule has 3 aliphatic carbocycles. The molecule has 1 heterocycles. The van der Waals surface area contributed by atoms with Crippen molar-refractivity contribution in [3.63, 3.8) is 0 Å². The average Bonchev–Trinajstić information content (AvgIpc) is 3.43. The Kier molecular flexibility index (Phi) is 4.46. The molecule has 0 bridgehead atoms. The summed E-state index contributed by atoms with van der Waals surface area (Å²) in [5.41, 5.74) is 1.69. The van der Waals surface area contributed by atoms with Crippen LogP contribution in [0.4, 0.5) is 0 Å². The van der Waals surface area contributed by atoms with E-state index in [-0.39, 0.29) is 24.5 Å². The molecule has 25 heavy (non-hydrogen) atoms. The molecule has 2 N–H and O–H groups in total. The Balaban J connectivity index is 1.26. The number of carbonyl (C=O) groups excluding carboxylic acids is 1. The highest BCUT2D eigenvalue weighted by Gasteiger charge is 2.38. The van der Waals surface area contributed by atoms with Gasteiger partial charge < -0.3 is 10.4 Å². The molecule has 0 aliphatic heterocycles. The Hall–Kier alpha value is -1.95. The molecule has 134 valence electrons. The smallest absolute Gasteiger partial charge is 0.317 e. The predicted octanol–water partition coefficient (Wildman–Crippen LogP) is 2.02. The first-order valence-electron chi connectivity index (χ1n) is 9.31. The lowest BCUT2D eigenvalue weighted by atomic mass is 9.85. The van der Waals surface area contributed by atoms with Gasteiger partial charge >= 0.3 is 5.97 Å². The molecule has 3 saturated carbocycles. The molecule has 0 spiro atoms. The lowest BCUT2D eigenvalue weighted by Gasteiger charge is -2.42. The number of amides is 1. The second-order valence-electron chi connectivity index (χ2n) is 7.81. The molecule has 0 saturated heterocycles. The number of carboxylic acid groups (broad SMARTS) is 1. The lowest BCUT2D eigenvalue weighted by Crippen LogP contribution is -2.55. The summed E-state index contributed by atoms with van der Waals surface area (Å²) in [5, 5.41) is 12.1. The van der Waals surface area contributed by atoms with Crippen molar-refractivity contribution in [2.75, 3.05) is 13.1 Å². The fraction of sp³-hybridized carbons (Fsp3) is 0.632. The van der Waals surface area contributed by atoms with Crippen molar-refractivity contribution in [1.82, 2.24) is 15.2 Å². The van der Waals surface area contributed by atoms with Crippen LogP contribution >= 0.6 is 0 Å². The van der Waals surface area contributed by atoms with Crippen molar-refractivity contribution in [2.45, 2.75) is 56.5 Å². The molecular weight excluding hydrogens is 318 g/mol. The maximum absolute atomic E-state index is 12.3. The molecule has 1 amide bonds. The molecule has 0 aromatic carbocycles. The summed E-state index contributed by atoms with van der Waals surface area (Å²) in [5.74, 6) is 0.414. The number of hydrogen-bond acceptors (Lipinski definition) is 4. The van der Waals surface area contributed by atoms with E-state index in [1.807, 2.05) is 18.3 Å². The highest BCUT2D eigenvalue weighted by Crippen LogP contribution is 2.39. The number of pyridine rings is 1. The second kappa shape index (κ2) is 6.75. The number of carbonyl (C=O) groups is 2. The number of nitrogens with zero attached hydrogens (tertiary/aromatic N) is 2. The summed E-state index contributed by atoms with van der Waals surface area (Å²) in [7, 11) is 0. The number of aromatic nitrogens is 1. The maximum Gasteiger partial charge on any atom is 0.317 e. The van der Waals surface area contributed by atoms with E-state index < -0.39 is 5.97 Å². The Morgan fingerprint density at radius 1 is 1.20 bits per heavy atom. The summed E-state index contributed by atoms with van der Waals surface area (Å²) in [6.07, 6.45) is 8.35. The summed E-state index contributed by atoms with van der Waals surface area (Å²) < 4.78 is 0. The van der Waals surface area contributed by atoms with Crippen molar-refractivity contribution in [1.29, 1.82) is 0 Å². The van der Waals surface area contributed by atoms with Crippen LogP contribution in [-0.2, 0) is 4.79 Å². The third kappa shape index (κ3) is 4.18. The molecule has 0 unspecified atom stereocenters. The molecule has 0 atom stereocenters. The first kappa shape index (κ1) is 16.5. The van der Waals surface area contributed by atoms with Gasteiger partial charge in [-0.3, -0.25) is 19.5 Å². The van der Waals surface area contributed by atoms with Gasteiger partial charge in [0.25, 0.3) is 5.91 Å². The zero-order chi connectivity index (χ0) is 17.4.